The van der Waals surface area contributed by atoms with Crippen LogP contribution in [-0.4, -0.2) is 13.6 Å². The maximum absolute atomic E-state index is 3.36. The fourth-order valence-electron chi connectivity index (χ4n) is 1.68. The summed E-state index contributed by atoms with van der Waals surface area (Å²) < 4.78 is 0. The highest BCUT2D eigenvalue weighted by molar-refractivity contribution is 4.66. The molecule has 0 aromatic heterocycles. The summed E-state index contributed by atoms with van der Waals surface area (Å²) in [6.45, 7) is 10.5. The first-order valence-electron chi connectivity index (χ1n) is 6.06. The van der Waals surface area contributed by atoms with Crippen molar-refractivity contribution in [3.05, 3.63) is 12.7 Å². The van der Waals surface area contributed by atoms with Crippen molar-refractivity contribution in [3.8, 4) is 0 Å². The Morgan fingerprint density at radius 2 is 1.64 bits per heavy atom. The van der Waals surface area contributed by atoms with E-state index in [1.807, 2.05) is 20.8 Å². The lowest BCUT2D eigenvalue weighted by atomic mass is 9.89. The molecule has 1 fully saturated rings. The second-order valence-electron chi connectivity index (χ2n) is 3.47. The summed E-state index contributed by atoms with van der Waals surface area (Å²) in [5, 5.41) is 3.24. The Labute approximate surface area is 91.0 Å². The molecule has 0 bridgehead atoms. The molecule has 1 nitrogen and oxygen atoms in total. The van der Waals surface area contributed by atoms with Crippen LogP contribution in [0.1, 0.15) is 52.9 Å². The smallest absolute Gasteiger partial charge is 0.00235 e. The topological polar surface area (TPSA) is 12.0 Å². The van der Waals surface area contributed by atoms with Crippen LogP contribution in [0.4, 0.5) is 0 Å². The van der Waals surface area contributed by atoms with Gasteiger partial charge in [0.2, 0.25) is 0 Å². The molecule has 0 aliphatic heterocycles. The third-order valence-corrected chi connectivity index (χ3v) is 2.22. The minimum Gasteiger partial charge on any atom is -0.319 e. The fraction of sp³-hybridized carbons (Fsp3) is 0.846. The van der Waals surface area contributed by atoms with Crippen LogP contribution in [0.15, 0.2) is 12.7 Å². The lowest BCUT2D eigenvalue weighted by Gasteiger charge is -2.20. The summed E-state index contributed by atoms with van der Waals surface area (Å²) >= 11 is 0. The molecule has 86 valence electrons. The summed E-state index contributed by atoms with van der Waals surface area (Å²) in [6.07, 6.45) is 9.07. The minimum absolute atomic E-state index is 0.990. The summed E-state index contributed by atoms with van der Waals surface area (Å²) in [6, 6.07) is 0. The van der Waals surface area contributed by atoms with E-state index >= 15 is 0 Å². The van der Waals surface area contributed by atoms with Crippen molar-refractivity contribution >= 4 is 0 Å². The molecule has 1 aliphatic rings. The van der Waals surface area contributed by atoms with E-state index in [-0.39, 0.29) is 0 Å². The number of hydrogen-bond acceptors (Lipinski definition) is 1. The van der Waals surface area contributed by atoms with Crippen molar-refractivity contribution in [3.63, 3.8) is 0 Å². The zero-order valence-corrected chi connectivity index (χ0v) is 10.6. The van der Waals surface area contributed by atoms with E-state index in [4.69, 9.17) is 0 Å². The van der Waals surface area contributed by atoms with Crippen molar-refractivity contribution in [2.45, 2.75) is 52.9 Å². The molecular weight excluding hydrogens is 170 g/mol. The molecule has 14 heavy (non-hydrogen) atoms. The SMILES string of the molecule is C=CC.CC.CNCC1CCCCC1. The summed E-state index contributed by atoms with van der Waals surface area (Å²) in [5.74, 6) is 0.990. The maximum atomic E-state index is 3.36. The largest absolute Gasteiger partial charge is 0.319 e. The Morgan fingerprint density at radius 1 is 1.21 bits per heavy atom. The predicted octanol–water partition coefficient (Wildman–Crippen LogP) is 4.00. The second-order valence-corrected chi connectivity index (χ2v) is 3.47. The second kappa shape index (κ2) is 15.2. The van der Waals surface area contributed by atoms with Crippen molar-refractivity contribution in [2.75, 3.05) is 13.6 Å². The highest BCUT2D eigenvalue weighted by Gasteiger charge is 2.11. The van der Waals surface area contributed by atoms with Crippen molar-refractivity contribution in [1.82, 2.24) is 5.32 Å². The number of nitrogens with one attached hydrogen (secondary N) is 1. The third kappa shape index (κ3) is 11.7. The van der Waals surface area contributed by atoms with Crippen LogP contribution in [0, 0.1) is 5.92 Å². The monoisotopic (exact) mass is 199 g/mol. The quantitative estimate of drug-likeness (QED) is 0.663. The average Bonchev–Trinajstić information content (AvgIpc) is 2.24. The zero-order chi connectivity index (χ0) is 11.2. The number of allylic oxidation sites excluding steroid dienone is 1. The molecule has 0 unspecified atom stereocenters. The highest BCUT2D eigenvalue weighted by atomic mass is 14.8. The Bertz CT molecular complexity index is 90.7. The van der Waals surface area contributed by atoms with E-state index in [0.717, 1.165) is 5.92 Å². The van der Waals surface area contributed by atoms with Gasteiger partial charge in [-0.25, -0.2) is 0 Å². The molecule has 0 aromatic rings. The Morgan fingerprint density at radius 3 is 2.00 bits per heavy atom. The van der Waals surface area contributed by atoms with Gasteiger partial charge in [-0.05, 0) is 39.3 Å². The average molecular weight is 199 g/mol. The van der Waals surface area contributed by atoms with Crippen molar-refractivity contribution in [1.29, 1.82) is 0 Å². The molecule has 0 heterocycles. The van der Waals surface area contributed by atoms with Crippen molar-refractivity contribution < 1.29 is 0 Å². The molecule has 1 saturated carbocycles. The first-order chi connectivity index (χ1) is 6.85. The molecule has 0 amide bonds. The van der Waals surface area contributed by atoms with Gasteiger partial charge >= 0.3 is 0 Å². The standard InChI is InChI=1S/C8H17N.C3H6.C2H6/c1-9-7-8-5-3-2-4-6-8;1-3-2;1-2/h8-9H,2-7H2,1H3;3H,1H2,2H3;1-2H3. The summed E-state index contributed by atoms with van der Waals surface area (Å²) in [5.41, 5.74) is 0. The van der Waals surface area contributed by atoms with Crippen LogP contribution in [0.5, 0.6) is 0 Å². The van der Waals surface area contributed by atoms with Gasteiger partial charge in [0.25, 0.3) is 0 Å². The molecule has 0 saturated heterocycles. The molecule has 1 heteroatoms. The third-order valence-electron chi connectivity index (χ3n) is 2.22. The molecule has 0 spiro atoms. The van der Waals surface area contributed by atoms with E-state index in [0.29, 0.717) is 0 Å². The maximum Gasteiger partial charge on any atom is -0.00235 e. The van der Waals surface area contributed by atoms with E-state index < -0.39 is 0 Å². The van der Waals surface area contributed by atoms with Gasteiger partial charge < -0.3 is 5.32 Å². The van der Waals surface area contributed by atoms with E-state index in [2.05, 4.69) is 18.9 Å². The van der Waals surface area contributed by atoms with Crippen LogP contribution < -0.4 is 5.32 Å². The van der Waals surface area contributed by atoms with Gasteiger partial charge in [-0.15, -0.1) is 6.58 Å². The molecule has 0 aromatic carbocycles. The van der Waals surface area contributed by atoms with Crippen LogP contribution in [0.2, 0.25) is 0 Å². The van der Waals surface area contributed by atoms with Crippen LogP contribution >= 0.6 is 0 Å². The molecular formula is C13H29N. The van der Waals surface area contributed by atoms with Crippen molar-refractivity contribution in [2.24, 2.45) is 5.92 Å². The fourth-order valence-corrected chi connectivity index (χ4v) is 1.68. The summed E-state index contributed by atoms with van der Waals surface area (Å²) in [4.78, 5) is 0. The van der Waals surface area contributed by atoms with Crippen LogP contribution in [0.25, 0.3) is 0 Å². The Kier molecular flexibility index (Phi) is 17.5. The first kappa shape index (κ1) is 16.1. The lowest BCUT2D eigenvalue weighted by molar-refractivity contribution is 0.350. The van der Waals surface area contributed by atoms with Gasteiger partial charge in [-0.1, -0.05) is 39.2 Å². The van der Waals surface area contributed by atoms with Gasteiger partial charge in [-0.2, -0.15) is 0 Å². The normalized spacial score (nSPS) is 15.7. The lowest BCUT2D eigenvalue weighted by Crippen LogP contribution is -2.20. The van der Waals surface area contributed by atoms with Gasteiger partial charge in [0, 0.05) is 0 Å². The van der Waals surface area contributed by atoms with E-state index in [9.17, 15) is 0 Å². The highest BCUT2D eigenvalue weighted by Crippen LogP contribution is 2.22. The van der Waals surface area contributed by atoms with Gasteiger partial charge in [0.15, 0.2) is 0 Å². The Hall–Kier alpha value is -0.300. The minimum atomic E-state index is 0.990. The molecule has 1 aliphatic carbocycles. The number of hydrogen-bond donors (Lipinski definition) is 1. The van der Waals surface area contributed by atoms with Gasteiger partial charge in [0.05, 0.1) is 0 Å². The van der Waals surface area contributed by atoms with Crippen LogP contribution in [-0.2, 0) is 0 Å². The molecule has 1 rings (SSSR count). The van der Waals surface area contributed by atoms with E-state index in [1.165, 1.54) is 38.6 Å². The van der Waals surface area contributed by atoms with Crippen LogP contribution in [0.3, 0.4) is 0 Å². The molecule has 0 atom stereocenters. The summed E-state index contributed by atoms with van der Waals surface area (Å²) in [7, 11) is 2.05. The van der Waals surface area contributed by atoms with E-state index in [1.54, 1.807) is 6.08 Å². The molecule has 0 radical (unpaired) electrons. The van der Waals surface area contributed by atoms with Gasteiger partial charge in [0.1, 0.15) is 0 Å². The molecule has 1 N–H and O–H groups in total. The predicted molar refractivity (Wildman–Crippen MR) is 67.7 cm³/mol. The zero-order valence-electron chi connectivity index (χ0n) is 10.6. The van der Waals surface area contributed by atoms with Gasteiger partial charge in [-0.3, -0.25) is 0 Å². The Balaban J connectivity index is 0. The number of rotatable bonds is 2. The first-order valence-corrected chi connectivity index (χ1v) is 6.06.